The van der Waals surface area contributed by atoms with Crippen molar-refractivity contribution < 1.29 is 24.5 Å². The van der Waals surface area contributed by atoms with Crippen LogP contribution in [0.5, 0.6) is 0 Å². The molecule has 0 aromatic rings. The molecule has 2 N–H and O–H groups in total. The van der Waals surface area contributed by atoms with E-state index in [2.05, 4.69) is 6.07 Å². The largest absolute Gasteiger partial charge is 0.481 e. The minimum absolute atomic E-state index is 0.0372. The van der Waals surface area contributed by atoms with E-state index in [-0.39, 0.29) is 37.3 Å². The lowest BCUT2D eigenvalue weighted by atomic mass is 9.85. The molecule has 2 aliphatic rings. The SMILES string of the molecule is CC(C#N)CC1CCC2OC(CCC(=O)O)CC2(CO)O1. The maximum atomic E-state index is 10.7. The van der Waals surface area contributed by atoms with Gasteiger partial charge in [0.2, 0.25) is 0 Å². The number of aliphatic carboxylic acids is 1. The Balaban J connectivity index is 1.97. The fraction of sp³-hybridized carbons (Fsp3) is 0.867. The van der Waals surface area contributed by atoms with Gasteiger partial charge in [0.1, 0.15) is 5.60 Å². The normalized spacial score (nSPS) is 36.7. The van der Waals surface area contributed by atoms with E-state index < -0.39 is 11.6 Å². The molecule has 21 heavy (non-hydrogen) atoms. The molecule has 0 aromatic carbocycles. The minimum atomic E-state index is -0.840. The van der Waals surface area contributed by atoms with Crippen LogP contribution in [0.3, 0.4) is 0 Å². The summed E-state index contributed by atoms with van der Waals surface area (Å²) in [6, 6.07) is 2.20. The molecular formula is C15H23NO5. The summed E-state index contributed by atoms with van der Waals surface area (Å²) in [6.45, 7) is 1.74. The Labute approximate surface area is 124 Å². The van der Waals surface area contributed by atoms with Crippen LogP contribution in [0.2, 0.25) is 0 Å². The zero-order valence-electron chi connectivity index (χ0n) is 12.3. The molecule has 118 valence electrons. The van der Waals surface area contributed by atoms with Crippen molar-refractivity contribution in [1.82, 2.24) is 0 Å². The van der Waals surface area contributed by atoms with Crippen LogP contribution in [0.4, 0.5) is 0 Å². The summed E-state index contributed by atoms with van der Waals surface area (Å²) in [5.74, 6) is -0.916. The number of aliphatic hydroxyl groups excluding tert-OH is 1. The molecule has 0 saturated carbocycles. The van der Waals surface area contributed by atoms with Crippen LogP contribution in [0.1, 0.15) is 45.4 Å². The molecule has 2 heterocycles. The van der Waals surface area contributed by atoms with Crippen molar-refractivity contribution in [2.75, 3.05) is 6.61 Å². The summed E-state index contributed by atoms with van der Waals surface area (Å²) in [7, 11) is 0. The first-order valence-corrected chi connectivity index (χ1v) is 7.54. The van der Waals surface area contributed by atoms with Gasteiger partial charge in [0.05, 0.1) is 31.0 Å². The number of nitrogens with zero attached hydrogens (tertiary/aromatic N) is 1. The Morgan fingerprint density at radius 3 is 2.86 bits per heavy atom. The van der Waals surface area contributed by atoms with Crippen LogP contribution >= 0.6 is 0 Å². The number of carboxylic acids is 1. The van der Waals surface area contributed by atoms with E-state index in [1.807, 2.05) is 6.92 Å². The lowest BCUT2D eigenvalue weighted by Crippen LogP contribution is -2.51. The highest BCUT2D eigenvalue weighted by molar-refractivity contribution is 5.66. The molecule has 2 rings (SSSR count). The third-order valence-electron chi connectivity index (χ3n) is 4.45. The van der Waals surface area contributed by atoms with E-state index in [1.54, 1.807) is 0 Å². The van der Waals surface area contributed by atoms with Crippen molar-refractivity contribution >= 4 is 5.97 Å². The Morgan fingerprint density at radius 2 is 2.24 bits per heavy atom. The van der Waals surface area contributed by atoms with Crippen LogP contribution in [-0.2, 0) is 14.3 Å². The number of carboxylic acid groups (broad SMARTS) is 1. The van der Waals surface area contributed by atoms with Gasteiger partial charge in [0.15, 0.2) is 0 Å². The molecule has 6 nitrogen and oxygen atoms in total. The molecule has 0 bridgehead atoms. The van der Waals surface area contributed by atoms with E-state index in [0.717, 1.165) is 12.8 Å². The molecule has 2 fully saturated rings. The Hall–Kier alpha value is -1.16. The lowest BCUT2D eigenvalue weighted by molar-refractivity contribution is -0.185. The van der Waals surface area contributed by atoms with Crippen LogP contribution in [0.15, 0.2) is 0 Å². The number of carbonyl (C=O) groups is 1. The Kier molecular flexibility index (Phi) is 5.20. The van der Waals surface area contributed by atoms with Crippen LogP contribution < -0.4 is 0 Å². The Morgan fingerprint density at radius 1 is 1.48 bits per heavy atom. The second-order valence-electron chi connectivity index (χ2n) is 6.19. The molecule has 0 amide bonds. The summed E-state index contributed by atoms with van der Waals surface area (Å²) in [5, 5.41) is 27.4. The van der Waals surface area contributed by atoms with E-state index in [9.17, 15) is 9.90 Å². The minimum Gasteiger partial charge on any atom is -0.481 e. The van der Waals surface area contributed by atoms with Gasteiger partial charge in [-0.15, -0.1) is 0 Å². The van der Waals surface area contributed by atoms with E-state index in [4.69, 9.17) is 19.8 Å². The maximum Gasteiger partial charge on any atom is 0.303 e. The highest BCUT2D eigenvalue weighted by Gasteiger charge is 2.52. The molecule has 0 aromatic heterocycles. The molecule has 2 aliphatic heterocycles. The highest BCUT2D eigenvalue weighted by Crippen LogP contribution is 2.43. The van der Waals surface area contributed by atoms with Gasteiger partial charge in [-0.2, -0.15) is 5.26 Å². The second kappa shape index (κ2) is 6.73. The fourth-order valence-corrected chi connectivity index (χ4v) is 3.38. The average Bonchev–Trinajstić information content (AvgIpc) is 2.83. The van der Waals surface area contributed by atoms with Crippen molar-refractivity contribution in [3.8, 4) is 6.07 Å². The standard InChI is InChI=1S/C15H23NO5/c1-10(8-16)6-11-2-4-13-15(9-17,21-11)7-12(20-13)3-5-14(18)19/h10-13,17H,2-7,9H2,1H3,(H,18,19). The summed E-state index contributed by atoms with van der Waals surface area (Å²) >= 11 is 0. The van der Waals surface area contributed by atoms with Crippen LogP contribution in [-0.4, -0.2) is 46.7 Å². The first-order valence-electron chi connectivity index (χ1n) is 7.54. The number of hydrogen-bond donors (Lipinski definition) is 2. The molecule has 0 radical (unpaired) electrons. The molecule has 0 aliphatic carbocycles. The monoisotopic (exact) mass is 297 g/mol. The predicted molar refractivity (Wildman–Crippen MR) is 73.5 cm³/mol. The van der Waals surface area contributed by atoms with Gasteiger partial charge in [-0.05, 0) is 32.6 Å². The van der Waals surface area contributed by atoms with E-state index in [0.29, 0.717) is 19.3 Å². The van der Waals surface area contributed by atoms with E-state index >= 15 is 0 Å². The molecule has 6 heteroatoms. The molecule has 0 spiro atoms. The summed E-state index contributed by atoms with van der Waals surface area (Å²) in [6.07, 6.45) is 2.90. The van der Waals surface area contributed by atoms with Crippen molar-refractivity contribution in [1.29, 1.82) is 5.26 Å². The van der Waals surface area contributed by atoms with Crippen LogP contribution in [0, 0.1) is 17.2 Å². The fourth-order valence-electron chi connectivity index (χ4n) is 3.38. The second-order valence-corrected chi connectivity index (χ2v) is 6.19. The molecule has 5 atom stereocenters. The maximum absolute atomic E-state index is 10.7. The van der Waals surface area contributed by atoms with Crippen molar-refractivity contribution in [3.63, 3.8) is 0 Å². The third kappa shape index (κ3) is 3.73. The smallest absolute Gasteiger partial charge is 0.303 e. The van der Waals surface area contributed by atoms with Gasteiger partial charge >= 0.3 is 5.97 Å². The predicted octanol–water partition coefficient (Wildman–Crippen LogP) is 1.47. The van der Waals surface area contributed by atoms with Gasteiger partial charge in [0.25, 0.3) is 0 Å². The zero-order chi connectivity index (χ0) is 15.5. The quantitative estimate of drug-likeness (QED) is 0.770. The van der Waals surface area contributed by atoms with E-state index in [1.165, 1.54) is 0 Å². The number of nitriles is 1. The molecule has 2 saturated heterocycles. The third-order valence-corrected chi connectivity index (χ3v) is 4.45. The van der Waals surface area contributed by atoms with Gasteiger partial charge in [-0.25, -0.2) is 0 Å². The summed E-state index contributed by atoms with van der Waals surface area (Å²) in [4.78, 5) is 10.7. The van der Waals surface area contributed by atoms with Crippen molar-refractivity contribution in [3.05, 3.63) is 0 Å². The summed E-state index contributed by atoms with van der Waals surface area (Å²) in [5.41, 5.74) is -0.721. The van der Waals surface area contributed by atoms with Gasteiger partial charge in [0, 0.05) is 18.8 Å². The zero-order valence-corrected chi connectivity index (χ0v) is 12.3. The average molecular weight is 297 g/mol. The molecular weight excluding hydrogens is 274 g/mol. The first-order chi connectivity index (χ1) is 9.99. The van der Waals surface area contributed by atoms with Gasteiger partial charge in [-0.1, -0.05) is 0 Å². The number of fused-ring (bicyclic) bond motifs is 1. The lowest BCUT2D eigenvalue weighted by Gasteiger charge is -2.41. The highest BCUT2D eigenvalue weighted by atomic mass is 16.6. The van der Waals surface area contributed by atoms with Crippen molar-refractivity contribution in [2.45, 2.75) is 69.4 Å². The van der Waals surface area contributed by atoms with Gasteiger partial charge in [-0.3, -0.25) is 4.79 Å². The molecule has 5 unspecified atom stereocenters. The number of aliphatic hydroxyl groups is 1. The topological polar surface area (TPSA) is 99.8 Å². The Bertz CT molecular complexity index is 421. The van der Waals surface area contributed by atoms with Gasteiger partial charge < -0.3 is 19.7 Å². The first kappa shape index (κ1) is 16.2. The van der Waals surface area contributed by atoms with Crippen LogP contribution in [0.25, 0.3) is 0 Å². The number of rotatable bonds is 6. The number of ether oxygens (including phenoxy) is 2. The number of hydrogen-bond acceptors (Lipinski definition) is 5. The van der Waals surface area contributed by atoms with Crippen molar-refractivity contribution in [2.24, 2.45) is 5.92 Å². The summed E-state index contributed by atoms with van der Waals surface area (Å²) < 4.78 is 12.0.